The maximum Gasteiger partial charge on any atom is 0.254 e. The molecular formula is C15H18N2O2S. The van der Waals surface area contributed by atoms with Crippen molar-refractivity contribution in [3.05, 3.63) is 35.9 Å². The third-order valence-electron chi connectivity index (χ3n) is 3.50. The number of amides is 1. The van der Waals surface area contributed by atoms with Gasteiger partial charge in [0.2, 0.25) is 0 Å². The van der Waals surface area contributed by atoms with Crippen molar-refractivity contribution >= 4 is 17.7 Å². The zero-order chi connectivity index (χ0) is 14.4. The molecule has 0 bridgehead atoms. The van der Waals surface area contributed by atoms with Crippen LogP contribution in [0.15, 0.2) is 30.3 Å². The largest absolute Gasteiger partial charge is 0.367 e. The lowest BCUT2D eigenvalue weighted by Crippen LogP contribution is -2.51. The molecule has 1 N–H and O–H groups in total. The maximum absolute atomic E-state index is 12.4. The Kier molecular flexibility index (Phi) is 5.05. The van der Waals surface area contributed by atoms with E-state index in [2.05, 4.69) is 11.4 Å². The zero-order valence-corrected chi connectivity index (χ0v) is 12.3. The molecule has 5 heteroatoms. The molecule has 1 saturated heterocycles. The van der Waals surface area contributed by atoms with Crippen LogP contribution in [0.2, 0.25) is 0 Å². The monoisotopic (exact) mass is 290 g/mol. The molecule has 2 rings (SSSR count). The molecule has 1 heterocycles. The van der Waals surface area contributed by atoms with Crippen LogP contribution >= 0.6 is 11.8 Å². The van der Waals surface area contributed by atoms with Crippen LogP contribution in [-0.2, 0) is 9.53 Å². The van der Waals surface area contributed by atoms with Gasteiger partial charge in [0, 0.05) is 7.11 Å². The lowest BCUT2D eigenvalue weighted by Gasteiger charge is -2.32. The van der Waals surface area contributed by atoms with Crippen molar-refractivity contribution in [2.24, 2.45) is 0 Å². The fourth-order valence-corrected chi connectivity index (χ4v) is 3.50. The standard InChI is InChI=1S/C15H18N2O2S/c1-19-13(12-5-3-2-4-6-12)14(18)17-15(11-16)7-9-20-10-8-15/h2-6,13H,7-10H2,1H3,(H,17,18)/t13-/m1/s1. The number of nitrogens with one attached hydrogen (secondary N) is 1. The van der Waals surface area contributed by atoms with Gasteiger partial charge >= 0.3 is 0 Å². The normalized spacial score (nSPS) is 18.8. The van der Waals surface area contributed by atoms with Crippen molar-refractivity contribution in [2.45, 2.75) is 24.5 Å². The Balaban J connectivity index is 2.11. The van der Waals surface area contributed by atoms with Gasteiger partial charge in [0.25, 0.3) is 5.91 Å². The molecule has 1 atom stereocenters. The van der Waals surface area contributed by atoms with Crippen molar-refractivity contribution in [1.29, 1.82) is 5.26 Å². The van der Waals surface area contributed by atoms with Crippen LogP contribution in [0.4, 0.5) is 0 Å². The minimum Gasteiger partial charge on any atom is -0.367 e. The van der Waals surface area contributed by atoms with E-state index in [9.17, 15) is 10.1 Å². The number of benzene rings is 1. The second kappa shape index (κ2) is 6.78. The van der Waals surface area contributed by atoms with Gasteiger partial charge in [-0.2, -0.15) is 17.0 Å². The van der Waals surface area contributed by atoms with Gasteiger partial charge in [0.1, 0.15) is 5.54 Å². The highest BCUT2D eigenvalue weighted by Gasteiger charge is 2.36. The Hall–Kier alpha value is -1.51. The van der Waals surface area contributed by atoms with Gasteiger partial charge < -0.3 is 10.1 Å². The number of nitrogens with zero attached hydrogens (tertiary/aromatic N) is 1. The van der Waals surface area contributed by atoms with Crippen molar-refractivity contribution in [1.82, 2.24) is 5.32 Å². The molecule has 1 fully saturated rings. The lowest BCUT2D eigenvalue weighted by atomic mass is 9.93. The van der Waals surface area contributed by atoms with E-state index in [0.29, 0.717) is 12.8 Å². The summed E-state index contributed by atoms with van der Waals surface area (Å²) in [5, 5.41) is 12.3. The van der Waals surface area contributed by atoms with Crippen LogP contribution in [0.1, 0.15) is 24.5 Å². The number of methoxy groups -OCH3 is 1. The average molecular weight is 290 g/mol. The number of ether oxygens (including phenoxy) is 1. The summed E-state index contributed by atoms with van der Waals surface area (Å²) in [5.41, 5.74) is 0.0548. The van der Waals surface area contributed by atoms with Crippen LogP contribution in [0.25, 0.3) is 0 Å². The first-order valence-electron chi connectivity index (χ1n) is 6.59. The fraction of sp³-hybridized carbons (Fsp3) is 0.467. The number of hydrogen-bond acceptors (Lipinski definition) is 4. The highest BCUT2D eigenvalue weighted by atomic mass is 32.2. The molecule has 0 saturated carbocycles. The Bertz CT molecular complexity index is 492. The molecule has 106 valence electrons. The molecule has 1 aliphatic heterocycles. The van der Waals surface area contributed by atoms with Gasteiger partial charge in [-0.25, -0.2) is 0 Å². The predicted octanol–water partition coefficient (Wildman–Crippen LogP) is 2.28. The summed E-state index contributed by atoms with van der Waals surface area (Å²) in [6.07, 6.45) is 0.701. The van der Waals surface area contributed by atoms with E-state index in [1.807, 2.05) is 42.1 Å². The highest BCUT2D eigenvalue weighted by molar-refractivity contribution is 7.99. The van der Waals surface area contributed by atoms with Crippen LogP contribution in [-0.4, -0.2) is 30.1 Å². The summed E-state index contributed by atoms with van der Waals surface area (Å²) < 4.78 is 5.30. The summed E-state index contributed by atoms with van der Waals surface area (Å²) in [4.78, 5) is 12.4. The van der Waals surface area contributed by atoms with Gasteiger partial charge in [0.05, 0.1) is 6.07 Å². The molecule has 1 aromatic rings. The van der Waals surface area contributed by atoms with Crippen molar-refractivity contribution in [3.63, 3.8) is 0 Å². The van der Waals surface area contributed by atoms with E-state index in [4.69, 9.17) is 4.74 Å². The number of rotatable bonds is 4. The SMILES string of the molecule is CO[C@@H](C(=O)NC1(C#N)CCSCC1)c1ccccc1. The van der Waals surface area contributed by atoms with Crippen LogP contribution < -0.4 is 5.32 Å². The predicted molar refractivity (Wildman–Crippen MR) is 79.2 cm³/mol. The van der Waals surface area contributed by atoms with Crippen LogP contribution in [0.3, 0.4) is 0 Å². The molecule has 0 unspecified atom stereocenters. The Labute approximate surface area is 123 Å². The summed E-state index contributed by atoms with van der Waals surface area (Å²) in [6, 6.07) is 11.6. The van der Waals surface area contributed by atoms with E-state index < -0.39 is 11.6 Å². The van der Waals surface area contributed by atoms with Crippen molar-refractivity contribution < 1.29 is 9.53 Å². The Morgan fingerprint density at radius 3 is 2.60 bits per heavy atom. The van der Waals surface area contributed by atoms with Crippen molar-refractivity contribution in [3.8, 4) is 6.07 Å². The second-order valence-corrected chi connectivity index (χ2v) is 6.05. The third-order valence-corrected chi connectivity index (χ3v) is 4.48. The Morgan fingerprint density at radius 2 is 2.05 bits per heavy atom. The Morgan fingerprint density at radius 1 is 1.40 bits per heavy atom. The molecule has 0 spiro atoms. The summed E-state index contributed by atoms with van der Waals surface area (Å²) >= 11 is 1.82. The topological polar surface area (TPSA) is 62.1 Å². The molecule has 0 radical (unpaired) electrons. The van der Waals surface area contributed by atoms with Gasteiger partial charge in [0.15, 0.2) is 6.10 Å². The number of carbonyl (C=O) groups excluding carboxylic acids is 1. The zero-order valence-electron chi connectivity index (χ0n) is 11.5. The molecule has 0 aromatic heterocycles. The number of thioether (sulfide) groups is 1. The smallest absolute Gasteiger partial charge is 0.254 e. The molecule has 1 aromatic carbocycles. The average Bonchev–Trinajstić information content (AvgIpc) is 2.50. The third kappa shape index (κ3) is 3.33. The first kappa shape index (κ1) is 14.9. The van der Waals surface area contributed by atoms with Gasteiger partial charge in [-0.3, -0.25) is 4.79 Å². The molecule has 1 aliphatic rings. The lowest BCUT2D eigenvalue weighted by molar-refractivity contribution is -0.133. The molecule has 0 aliphatic carbocycles. The first-order valence-corrected chi connectivity index (χ1v) is 7.75. The molecular weight excluding hydrogens is 272 g/mol. The second-order valence-electron chi connectivity index (χ2n) is 4.82. The molecule has 1 amide bonds. The summed E-state index contributed by atoms with van der Waals surface area (Å²) in [6.45, 7) is 0. The van der Waals surface area contributed by atoms with E-state index >= 15 is 0 Å². The van der Waals surface area contributed by atoms with Crippen LogP contribution in [0, 0.1) is 11.3 Å². The van der Waals surface area contributed by atoms with Crippen LogP contribution in [0.5, 0.6) is 0 Å². The van der Waals surface area contributed by atoms with Gasteiger partial charge in [-0.1, -0.05) is 30.3 Å². The van der Waals surface area contributed by atoms with E-state index in [1.54, 1.807) is 0 Å². The van der Waals surface area contributed by atoms with E-state index in [-0.39, 0.29) is 5.91 Å². The first-order chi connectivity index (χ1) is 9.71. The summed E-state index contributed by atoms with van der Waals surface area (Å²) in [5.74, 6) is 1.56. The minimum absolute atomic E-state index is 0.243. The maximum atomic E-state index is 12.4. The van der Waals surface area contributed by atoms with Gasteiger partial charge in [-0.15, -0.1) is 0 Å². The number of nitriles is 1. The number of carbonyl (C=O) groups is 1. The van der Waals surface area contributed by atoms with E-state index in [1.165, 1.54) is 7.11 Å². The summed E-state index contributed by atoms with van der Waals surface area (Å²) in [7, 11) is 1.51. The fourth-order valence-electron chi connectivity index (χ4n) is 2.31. The van der Waals surface area contributed by atoms with Crippen molar-refractivity contribution in [2.75, 3.05) is 18.6 Å². The quantitative estimate of drug-likeness (QED) is 0.924. The molecule has 20 heavy (non-hydrogen) atoms. The molecule has 4 nitrogen and oxygen atoms in total. The number of hydrogen-bond donors (Lipinski definition) is 1. The minimum atomic E-state index is -0.742. The highest BCUT2D eigenvalue weighted by Crippen LogP contribution is 2.28. The van der Waals surface area contributed by atoms with Gasteiger partial charge in [-0.05, 0) is 29.9 Å². The van der Waals surface area contributed by atoms with E-state index in [0.717, 1.165) is 17.1 Å².